The van der Waals surface area contributed by atoms with Crippen LogP contribution in [0, 0.1) is 6.92 Å². The van der Waals surface area contributed by atoms with Crippen molar-refractivity contribution in [3.63, 3.8) is 0 Å². The standard InChI is InChI=1S/C16H19N5/c1-11-18-8-7-15(20-11)10-19-16(17)21-14-6-5-12-3-2-4-13(12)9-14/h5-9H,2-4,10H2,1H3,(H3,17,19,21). The minimum atomic E-state index is 0.407. The molecule has 108 valence electrons. The normalized spacial score (nSPS) is 14.0. The van der Waals surface area contributed by atoms with Crippen LogP contribution in [0.25, 0.3) is 0 Å². The van der Waals surface area contributed by atoms with Gasteiger partial charge in [-0.25, -0.2) is 15.0 Å². The second-order valence-corrected chi connectivity index (χ2v) is 5.26. The van der Waals surface area contributed by atoms with E-state index in [1.54, 1.807) is 6.20 Å². The summed E-state index contributed by atoms with van der Waals surface area (Å²) in [5, 5.41) is 3.14. The van der Waals surface area contributed by atoms with Crippen LogP contribution in [0.4, 0.5) is 5.69 Å². The molecule has 21 heavy (non-hydrogen) atoms. The number of nitrogens with one attached hydrogen (secondary N) is 1. The van der Waals surface area contributed by atoms with Gasteiger partial charge < -0.3 is 11.1 Å². The Morgan fingerprint density at radius 3 is 3.00 bits per heavy atom. The zero-order chi connectivity index (χ0) is 14.7. The van der Waals surface area contributed by atoms with Crippen molar-refractivity contribution < 1.29 is 0 Å². The Kier molecular flexibility index (Phi) is 3.81. The van der Waals surface area contributed by atoms with Crippen LogP contribution < -0.4 is 11.1 Å². The summed E-state index contributed by atoms with van der Waals surface area (Å²) in [5.41, 5.74) is 10.7. The van der Waals surface area contributed by atoms with E-state index in [1.807, 2.05) is 13.0 Å². The van der Waals surface area contributed by atoms with Gasteiger partial charge in [-0.15, -0.1) is 0 Å². The van der Waals surface area contributed by atoms with Gasteiger partial charge in [-0.3, -0.25) is 0 Å². The summed E-state index contributed by atoms with van der Waals surface area (Å²) >= 11 is 0. The van der Waals surface area contributed by atoms with Gasteiger partial charge in [0.25, 0.3) is 0 Å². The number of aryl methyl sites for hydroxylation is 3. The molecule has 1 heterocycles. The first-order chi connectivity index (χ1) is 10.2. The van der Waals surface area contributed by atoms with E-state index in [-0.39, 0.29) is 0 Å². The number of aromatic nitrogens is 2. The Balaban J connectivity index is 1.65. The molecule has 2 aromatic rings. The summed E-state index contributed by atoms with van der Waals surface area (Å²) in [6.07, 6.45) is 5.32. The molecule has 0 amide bonds. The summed E-state index contributed by atoms with van der Waals surface area (Å²) < 4.78 is 0. The molecule has 1 aliphatic rings. The van der Waals surface area contributed by atoms with Crippen LogP contribution in [-0.4, -0.2) is 15.9 Å². The minimum absolute atomic E-state index is 0.407. The van der Waals surface area contributed by atoms with Gasteiger partial charge in [0.15, 0.2) is 5.96 Å². The predicted molar refractivity (Wildman–Crippen MR) is 84.2 cm³/mol. The molecule has 0 fully saturated rings. The molecule has 0 atom stereocenters. The number of fused-ring (bicyclic) bond motifs is 1. The molecule has 5 nitrogen and oxygen atoms in total. The third kappa shape index (κ3) is 3.37. The van der Waals surface area contributed by atoms with Crippen LogP contribution in [0.15, 0.2) is 35.5 Å². The van der Waals surface area contributed by atoms with Gasteiger partial charge in [0.2, 0.25) is 0 Å². The highest BCUT2D eigenvalue weighted by atomic mass is 15.1. The molecule has 0 unspecified atom stereocenters. The first kappa shape index (κ1) is 13.5. The lowest BCUT2D eigenvalue weighted by molar-refractivity contribution is 0.912. The Morgan fingerprint density at radius 2 is 2.14 bits per heavy atom. The smallest absolute Gasteiger partial charge is 0.193 e. The van der Waals surface area contributed by atoms with Crippen molar-refractivity contribution in [3.8, 4) is 0 Å². The van der Waals surface area contributed by atoms with Crippen molar-refractivity contribution in [2.75, 3.05) is 5.32 Å². The van der Waals surface area contributed by atoms with E-state index in [0.717, 1.165) is 23.6 Å². The average molecular weight is 281 g/mol. The number of rotatable bonds is 3. The number of hydrogen-bond acceptors (Lipinski definition) is 3. The minimum Gasteiger partial charge on any atom is -0.370 e. The topological polar surface area (TPSA) is 76.2 Å². The Bertz CT molecular complexity index is 678. The van der Waals surface area contributed by atoms with Crippen LogP contribution in [0.1, 0.15) is 29.1 Å². The van der Waals surface area contributed by atoms with E-state index >= 15 is 0 Å². The molecular formula is C16H19N5. The Hall–Kier alpha value is -2.43. The highest BCUT2D eigenvalue weighted by Crippen LogP contribution is 2.24. The highest BCUT2D eigenvalue weighted by Gasteiger charge is 2.10. The first-order valence-electron chi connectivity index (χ1n) is 7.18. The lowest BCUT2D eigenvalue weighted by atomic mass is 10.1. The number of hydrogen-bond donors (Lipinski definition) is 2. The monoisotopic (exact) mass is 281 g/mol. The van der Waals surface area contributed by atoms with Gasteiger partial charge in [0, 0.05) is 11.9 Å². The molecule has 3 N–H and O–H groups in total. The fourth-order valence-electron chi connectivity index (χ4n) is 2.60. The fraction of sp³-hybridized carbons (Fsp3) is 0.312. The van der Waals surface area contributed by atoms with Gasteiger partial charge in [0.1, 0.15) is 5.82 Å². The van der Waals surface area contributed by atoms with E-state index in [0.29, 0.717) is 12.5 Å². The van der Waals surface area contributed by atoms with Crippen molar-refractivity contribution in [2.45, 2.75) is 32.7 Å². The van der Waals surface area contributed by atoms with Crippen LogP contribution >= 0.6 is 0 Å². The Labute approximate surface area is 124 Å². The van der Waals surface area contributed by atoms with Crippen LogP contribution in [0.2, 0.25) is 0 Å². The van der Waals surface area contributed by atoms with E-state index < -0.39 is 0 Å². The maximum absolute atomic E-state index is 5.93. The number of benzene rings is 1. The lowest BCUT2D eigenvalue weighted by Crippen LogP contribution is -2.22. The second kappa shape index (κ2) is 5.91. The van der Waals surface area contributed by atoms with Gasteiger partial charge in [-0.1, -0.05) is 6.07 Å². The molecule has 0 aliphatic heterocycles. The number of nitrogens with zero attached hydrogens (tertiary/aromatic N) is 3. The summed E-state index contributed by atoms with van der Waals surface area (Å²) in [4.78, 5) is 12.7. The zero-order valence-corrected chi connectivity index (χ0v) is 12.1. The van der Waals surface area contributed by atoms with Crippen molar-refractivity contribution in [2.24, 2.45) is 10.7 Å². The fourth-order valence-corrected chi connectivity index (χ4v) is 2.60. The predicted octanol–water partition coefficient (Wildman–Crippen LogP) is 2.20. The molecular weight excluding hydrogens is 262 g/mol. The van der Waals surface area contributed by atoms with E-state index in [4.69, 9.17) is 5.73 Å². The molecule has 5 heteroatoms. The summed E-state index contributed by atoms with van der Waals surface area (Å²) in [5.74, 6) is 1.15. The SMILES string of the molecule is Cc1nccc(CN=C(N)Nc2ccc3c(c2)CCC3)n1. The molecule has 0 spiro atoms. The van der Waals surface area contributed by atoms with Gasteiger partial charge >= 0.3 is 0 Å². The van der Waals surface area contributed by atoms with E-state index in [9.17, 15) is 0 Å². The van der Waals surface area contributed by atoms with Crippen LogP contribution in [0.3, 0.4) is 0 Å². The molecule has 0 saturated carbocycles. The van der Waals surface area contributed by atoms with Crippen molar-refractivity contribution in [3.05, 3.63) is 53.1 Å². The molecule has 1 aliphatic carbocycles. The van der Waals surface area contributed by atoms with Crippen molar-refractivity contribution >= 4 is 11.6 Å². The Morgan fingerprint density at radius 1 is 1.29 bits per heavy atom. The molecule has 0 bridgehead atoms. The quantitative estimate of drug-likeness (QED) is 0.668. The van der Waals surface area contributed by atoms with Gasteiger partial charge in [-0.2, -0.15) is 0 Å². The number of guanidine groups is 1. The average Bonchev–Trinajstić information content (AvgIpc) is 2.93. The van der Waals surface area contributed by atoms with Crippen molar-refractivity contribution in [1.29, 1.82) is 0 Å². The highest BCUT2D eigenvalue weighted by molar-refractivity contribution is 5.92. The van der Waals surface area contributed by atoms with Crippen LogP contribution in [0.5, 0.6) is 0 Å². The zero-order valence-electron chi connectivity index (χ0n) is 12.1. The number of nitrogens with two attached hydrogens (primary N) is 1. The summed E-state index contributed by atoms with van der Waals surface area (Å²) in [6, 6.07) is 8.24. The molecule has 3 rings (SSSR count). The van der Waals surface area contributed by atoms with Crippen molar-refractivity contribution in [1.82, 2.24) is 9.97 Å². The van der Waals surface area contributed by atoms with E-state index in [1.165, 1.54) is 24.0 Å². The number of anilines is 1. The summed E-state index contributed by atoms with van der Waals surface area (Å²) in [7, 11) is 0. The van der Waals surface area contributed by atoms with E-state index in [2.05, 4.69) is 38.5 Å². The van der Waals surface area contributed by atoms with Gasteiger partial charge in [-0.05, 0) is 55.5 Å². The molecule has 0 saturated heterocycles. The first-order valence-corrected chi connectivity index (χ1v) is 7.18. The summed E-state index contributed by atoms with van der Waals surface area (Å²) in [6.45, 7) is 2.31. The molecule has 0 radical (unpaired) electrons. The molecule has 1 aromatic heterocycles. The third-order valence-corrected chi connectivity index (χ3v) is 3.62. The third-order valence-electron chi connectivity index (χ3n) is 3.62. The molecule has 1 aromatic carbocycles. The van der Waals surface area contributed by atoms with Crippen LogP contribution in [-0.2, 0) is 19.4 Å². The number of aliphatic imine (C=N–C) groups is 1. The maximum Gasteiger partial charge on any atom is 0.193 e. The lowest BCUT2D eigenvalue weighted by Gasteiger charge is -2.08. The van der Waals surface area contributed by atoms with Gasteiger partial charge in [0.05, 0.1) is 12.2 Å². The largest absolute Gasteiger partial charge is 0.370 e. The maximum atomic E-state index is 5.93. The second-order valence-electron chi connectivity index (χ2n) is 5.26.